The molecule has 7 heteroatoms. The standard InChI is InChI=1S/C12H18N4O3/c1-9-5-14-16(6-9)3-2-13-12(19)15-7-10(8-15)4-11(17)18/h5-6,10H,2-4,7-8H2,1H3,(H,13,19)(H,17,18). The molecule has 0 spiro atoms. The molecule has 0 aliphatic carbocycles. The Bertz CT molecular complexity index is 465. The summed E-state index contributed by atoms with van der Waals surface area (Å²) in [5, 5.41) is 15.5. The number of carboxylic acids is 1. The Morgan fingerprint density at radius 3 is 2.84 bits per heavy atom. The molecule has 19 heavy (non-hydrogen) atoms. The third kappa shape index (κ3) is 3.70. The molecule has 104 valence electrons. The molecule has 0 bridgehead atoms. The number of nitrogens with one attached hydrogen (secondary N) is 1. The van der Waals surface area contributed by atoms with Crippen LogP contribution in [-0.4, -0.2) is 51.4 Å². The minimum atomic E-state index is -0.806. The van der Waals surface area contributed by atoms with E-state index in [2.05, 4.69) is 10.4 Å². The van der Waals surface area contributed by atoms with Crippen LogP contribution in [0.1, 0.15) is 12.0 Å². The van der Waals surface area contributed by atoms with E-state index in [1.807, 2.05) is 13.1 Å². The van der Waals surface area contributed by atoms with Gasteiger partial charge in [-0.2, -0.15) is 5.10 Å². The van der Waals surface area contributed by atoms with Gasteiger partial charge in [-0.05, 0) is 12.5 Å². The fraction of sp³-hybridized carbons (Fsp3) is 0.583. The molecule has 1 aromatic rings. The molecule has 2 heterocycles. The van der Waals surface area contributed by atoms with Crippen LogP contribution < -0.4 is 5.32 Å². The number of amides is 2. The van der Waals surface area contributed by atoms with Crippen LogP contribution >= 0.6 is 0 Å². The first kappa shape index (κ1) is 13.4. The highest BCUT2D eigenvalue weighted by molar-refractivity contribution is 5.75. The number of aryl methyl sites for hydroxylation is 1. The number of carbonyl (C=O) groups is 2. The summed E-state index contributed by atoms with van der Waals surface area (Å²) >= 11 is 0. The summed E-state index contributed by atoms with van der Waals surface area (Å²) in [5.41, 5.74) is 1.09. The quantitative estimate of drug-likeness (QED) is 0.802. The van der Waals surface area contributed by atoms with E-state index in [1.165, 1.54) is 0 Å². The molecule has 2 N–H and O–H groups in total. The Hall–Kier alpha value is -2.05. The fourth-order valence-corrected chi connectivity index (χ4v) is 2.09. The molecular weight excluding hydrogens is 248 g/mol. The molecule has 0 unspecified atom stereocenters. The number of aromatic nitrogens is 2. The largest absolute Gasteiger partial charge is 0.481 e. The van der Waals surface area contributed by atoms with E-state index in [1.54, 1.807) is 15.8 Å². The molecule has 1 aliphatic rings. The van der Waals surface area contributed by atoms with E-state index < -0.39 is 5.97 Å². The van der Waals surface area contributed by atoms with Crippen LogP contribution in [0, 0.1) is 12.8 Å². The van der Waals surface area contributed by atoms with Crippen molar-refractivity contribution >= 4 is 12.0 Å². The molecule has 0 radical (unpaired) electrons. The first-order valence-electron chi connectivity index (χ1n) is 6.28. The van der Waals surface area contributed by atoms with Gasteiger partial charge in [-0.1, -0.05) is 0 Å². The third-order valence-electron chi connectivity index (χ3n) is 3.09. The van der Waals surface area contributed by atoms with E-state index in [4.69, 9.17) is 5.11 Å². The second-order valence-electron chi connectivity index (χ2n) is 4.88. The Balaban J connectivity index is 1.62. The zero-order valence-electron chi connectivity index (χ0n) is 10.9. The average molecular weight is 266 g/mol. The summed E-state index contributed by atoms with van der Waals surface area (Å²) in [4.78, 5) is 23.8. The number of aliphatic carboxylic acids is 1. The average Bonchev–Trinajstić information content (AvgIpc) is 2.68. The third-order valence-corrected chi connectivity index (χ3v) is 3.09. The highest BCUT2D eigenvalue weighted by atomic mass is 16.4. The van der Waals surface area contributed by atoms with E-state index in [9.17, 15) is 9.59 Å². The molecule has 7 nitrogen and oxygen atoms in total. The first-order valence-corrected chi connectivity index (χ1v) is 6.28. The normalized spacial score (nSPS) is 15.1. The monoisotopic (exact) mass is 266 g/mol. The zero-order valence-corrected chi connectivity index (χ0v) is 10.9. The second kappa shape index (κ2) is 5.73. The summed E-state index contributed by atoms with van der Waals surface area (Å²) in [6, 6.07) is -0.134. The lowest BCUT2D eigenvalue weighted by molar-refractivity contribution is -0.139. The number of hydrogen-bond donors (Lipinski definition) is 2. The fourth-order valence-electron chi connectivity index (χ4n) is 2.09. The summed E-state index contributed by atoms with van der Waals surface area (Å²) in [7, 11) is 0. The lowest BCUT2D eigenvalue weighted by Gasteiger charge is -2.38. The smallest absolute Gasteiger partial charge is 0.317 e. The van der Waals surface area contributed by atoms with Gasteiger partial charge in [-0.25, -0.2) is 4.79 Å². The zero-order chi connectivity index (χ0) is 13.8. The maximum Gasteiger partial charge on any atom is 0.317 e. The van der Waals surface area contributed by atoms with Crippen molar-refractivity contribution in [2.45, 2.75) is 19.9 Å². The molecule has 1 aromatic heterocycles. The van der Waals surface area contributed by atoms with Gasteiger partial charge >= 0.3 is 12.0 Å². The second-order valence-corrected chi connectivity index (χ2v) is 4.88. The summed E-state index contributed by atoms with van der Waals surface area (Å²) in [6.07, 6.45) is 3.82. The minimum Gasteiger partial charge on any atom is -0.481 e. The van der Waals surface area contributed by atoms with Gasteiger partial charge in [-0.15, -0.1) is 0 Å². The van der Waals surface area contributed by atoms with Crippen molar-refractivity contribution in [1.82, 2.24) is 20.0 Å². The number of likely N-dealkylation sites (tertiary alicyclic amines) is 1. The Kier molecular flexibility index (Phi) is 4.03. The van der Waals surface area contributed by atoms with Crippen LogP contribution in [0.3, 0.4) is 0 Å². The van der Waals surface area contributed by atoms with Crippen molar-refractivity contribution in [3.63, 3.8) is 0 Å². The lowest BCUT2D eigenvalue weighted by Crippen LogP contribution is -2.54. The number of carboxylic acid groups (broad SMARTS) is 1. The number of rotatable bonds is 5. The van der Waals surface area contributed by atoms with Crippen LogP contribution in [0.25, 0.3) is 0 Å². The van der Waals surface area contributed by atoms with Gasteiger partial charge in [0.15, 0.2) is 0 Å². The van der Waals surface area contributed by atoms with Gasteiger partial charge in [-0.3, -0.25) is 9.48 Å². The maximum atomic E-state index is 11.7. The molecule has 0 aromatic carbocycles. The Labute approximate surface area is 111 Å². The first-order chi connectivity index (χ1) is 9.04. The van der Waals surface area contributed by atoms with Gasteiger partial charge in [0.05, 0.1) is 19.2 Å². The van der Waals surface area contributed by atoms with Crippen molar-refractivity contribution < 1.29 is 14.7 Å². The molecule has 1 fully saturated rings. The molecule has 1 aliphatic heterocycles. The topological polar surface area (TPSA) is 87.5 Å². The predicted molar refractivity (Wildman–Crippen MR) is 67.7 cm³/mol. The molecule has 0 saturated carbocycles. The lowest BCUT2D eigenvalue weighted by atomic mass is 9.97. The van der Waals surface area contributed by atoms with Crippen molar-refractivity contribution in [3.8, 4) is 0 Å². The molecule has 1 saturated heterocycles. The van der Waals surface area contributed by atoms with Gasteiger partial charge in [0.2, 0.25) is 0 Å². The number of hydrogen-bond acceptors (Lipinski definition) is 3. The van der Waals surface area contributed by atoms with Crippen LogP contribution in [0.4, 0.5) is 4.79 Å². The van der Waals surface area contributed by atoms with Crippen LogP contribution in [0.2, 0.25) is 0 Å². The Morgan fingerprint density at radius 2 is 2.26 bits per heavy atom. The summed E-state index contributed by atoms with van der Waals surface area (Å²) in [5.74, 6) is -0.712. The van der Waals surface area contributed by atoms with Crippen LogP contribution in [0.5, 0.6) is 0 Å². The van der Waals surface area contributed by atoms with Crippen LogP contribution in [-0.2, 0) is 11.3 Å². The number of urea groups is 1. The molecular formula is C12H18N4O3. The number of nitrogens with zero attached hydrogens (tertiary/aromatic N) is 3. The van der Waals surface area contributed by atoms with Crippen molar-refractivity contribution in [1.29, 1.82) is 0 Å². The highest BCUT2D eigenvalue weighted by Gasteiger charge is 2.31. The van der Waals surface area contributed by atoms with Crippen molar-refractivity contribution in [2.24, 2.45) is 5.92 Å². The SMILES string of the molecule is Cc1cnn(CCNC(=O)N2CC(CC(=O)O)C2)c1. The maximum absolute atomic E-state index is 11.7. The van der Waals surface area contributed by atoms with E-state index in [-0.39, 0.29) is 18.4 Å². The molecule has 2 amide bonds. The summed E-state index contributed by atoms with van der Waals surface area (Å²) in [6.45, 7) is 4.16. The van der Waals surface area contributed by atoms with Gasteiger partial charge in [0.1, 0.15) is 0 Å². The summed E-state index contributed by atoms with van der Waals surface area (Å²) < 4.78 is 1.78. The van der Waals surface area contributed by atoms with Gasteiger partial charge < -0.3 is 15.3 Å². The van der Waals surface area contributed by atoms with E-state index in [0.717, 1.165) is 5.56 Å². The van der Waals surface area contributed by atoms with Gasteiger partial charge in [0.25, 0.3) is 0 Å². The number of carbonyl (C=O) groups excluding carboxylic acids is 1. The van der Waals surface area contributed by atoms with Crippen molar-refractivity contribution in [3.05, 3.63) is 18.0 Å². The molecule has 2 rings (SSSR count). The minimum absolute atomic E-state index is 0.0945. The molecule has 0 atom stereocenters. The van der Waals surface area contributed by atoms with Gasteiger partial charge in [0, 0.05) is 31.7 Å². The van der Waals surface area contributed by atoms with E-state index in [0.29, 0.717) is 26.2 Å². The predicted octanol–water partition coefficient (Wildman–Crippen LogP) is 0.308. The Morgan fingerprint density at radius 1 is 1.53 bits per heavy atom. The van der Waals surface area contributed by atoms with E-state index >= 15 is 0 Å². The van der Waals surface area contributed by atoms with Crippen molar-refractivity contribution in [2.75, 3.05) is 19.6 Å². The highest BCUT2D eigenvalue weighted by Crippen LogP contribution is 2.18. The van der Waals surface area contributed by atoms with Crippen LogP contribution in [0.15, 0.2) is 12.4 Å².